The molecule has 1 N–H and O–H groups in total. The van der Waals surface area contributed by atoms with Crippen molar-refractivity contribution >= 4 is 34.8 Å². The Morgan fingerprint density at radius 3 is 2.72 bits per heavy atom. The number of benzene rings is 1. The third kappa shape index (κ3) is 4.21. The molecule has 1 aromatic carbocycles. The zero-order chi connectivity index (χ0) is 17.6. The maximum absolute atomic E-state index is 12.4. The van der Waals surface area contributed by atoms with Crippen LogP contribution in [0.2, 0.25) is 0 Å². The van der Waals surface area contributed by atoms with E-state index in [0.29, 0.717) is 22.7 Å². The first-order chi connectivity index (χ1) is 12.2. The third-order valence-electron chi connectivity index (χ3n) is 3.49. The van der Waals surface area contributed by atoms with Gasteiger partial charge in [-0.3, -0.25) is 9.59 Å². The highest BCUT2D eigenvalue weighted by molar-refractivity contribution is 7.99. The Hall–Kier alpha value is -2.31. The minimum Gasteiger partial charge on any atom is -0.461 e. The van der Waals surface area contributed by atoms with Crippen LogP contribution in [0.15, 0.2) is 64.1 Å². The molecule has 128 valence electrons. The number of hydrogen-bond donors (Lipinski definition) is 1. The van der Waals surface area contributed by atoms with E-state index in [2.05, 4.69) is 12.2 Å². The van der Waals surface area contributed by atoms with Gasteiger partial charge < -0.3 is 9.73 Å². The van der Waals surface area contributed by atoms with E-state index in [4.69, 9.17) is 4.42 Å². The average Bonchev–Trinajstić information content (AvgIpc) is 3.32. The highest BCUT2D eigenvalue weighted by Gasteiger charge is 2.15. The van der Waals surface area contributed by atoms with Crippen LogP contribution in [0.3, 0.4) is 0 Å². The van der Waals surface area contributed by atoms with Crippen LogP contribution in [0.25, 0.3) is 0 Å². The minimum absolute atomic E-state index is 0.108. The summed E-state index contributed by atoms with van der Waals surface area (Å²) in [6.45, 7) is 2.45. The van der Waals surface area contributed by atoms with E-state index >= 15 is 0 Å². The molecule has 3 aromatic rings. The molecule has 6 heteroatoms. The van der Waals surface area contributed by atoms with Gasteiger partial charge in [-0.1, -0.05) is 19.1 Å². The SMILES string of the molecule is CCSc1ccccc1C(=O)NCc1ccc(C(=O)c2ccco2)s1. The fourth-order valence-electron chi connectivity index (χ4n) is 2.32. The number of hydrogen-bond acceptors (Lipinski definition) is 5. The Labute approximate surface area is 154 Å². The lowest BCUT2D eigenvalue weighted by Gasteiger charge is -2.08. The topological polar surface area (TPSA) is 59.3 Å². The molecule has 0 spiro atoms. The quantitative estimate of drug-likeness (QED) is 0.486. The fourth-order valence-corrected chi connectivity index (χ4v) is 4.02. The largest absolute Gasteiger partial charge is 0.461 e. The predicted molar refractivity (Wildman–Crippen MR) is 100 cm³/mol. The molecular weight excluding hydrogens is 354 g/mol. The van der Waals surface area contributed by atoms with E-state index in [1.807, 2.05) is 30.3 Å². The summed E-state index contributed by atoms with van der Waals surface area (Å²) in [6, 6.07) is 14.5. The number of thioether (sulfide) groups is 1. The van der Waals surface area contributed by atoms with Gasteiger partial charge in [-0.25, -0.2) is 0 Å². The van der Waals surface area contributed by atoms with Gasteiger partial charge in [0.05, 0.1) is 23.2 Å². The van der Waals surface area contributed by atoms with Crippen molar-refractivity contribution in [2.75, 3.05) is 5.75 Å². The summed E-state index contributed by atoms with van der Waals surface area (Å²) in [7, 11) is 0. The highest BCUT2D eigenvalue weighted by atomic mass is 32.2. The lowest BCUT2D eigenvalue weighted by atomic mass is 10.2. The lowest BCUT2D eigenvalue weighted by Crippen LogP contribution is -2.22. The Balaban J connectivity index is 1.64. The standard InChI is InChI=1S/C19H17NO3S2/c1-2-24-16-8-4-3-6-14(16)19(22)20-12-13-9-10-17(25-13)18(21)15-7-5-11-23-15/h3-11H,2,12H2,1H3,(H,20,22). The van der Waals surface area contributed by atoms with Crippen molar-refractivity contribution in [1.29, 1.82) is 0 Å². The van der Waals surface area contributed by atoms with Gasteiger partial charge in [-0.15, -0.1) is 23.1 Å². The van der Waals surface area contributed by atoms with Crippen LogP contribution in [-0.2, 0) is 6.54 Å². The first-order valence-electron chi connectivity index (χ1n) is 7.86. The van der Waals surface area contributed by atoms with Crippen molar-refractivity contribution in [2.24, 2.45) is 0 Å². The van der Waals surface area contributed by atoms with Crippen molar-refractivity contribution in [2.45, 2.75) is 18.4 Å². The van der Waals surface area contributed by atoms with Crippen molar-refractivity contribution in [1.82, 2.24) is 5.32 Å². The van der Waals surface area contributed by atoms with Gasteiger partial charge in [0.2, 0.25) is 5.78 Å². The molecule has 0 fully saturated rings. The summed E-state index contributed by atoms with van der Waals surface area (Å²) in [6.07, 6.45) is 1.48. The molecular formula is C19H17NO3S2. The summed E-state index contributed by atoms with van der Waals surface area (Å²) in [4.78, 5) is 27.2. The molecule has 3 rings (SSSR count). The van der Waals surface area contributed by atoms with Crippen molar-refractivity contribution in [3.8, 4) is 0 Å². The Kier molecular flexibility index (Phi) is 5.73. The molecule has 0 saturated heterocycles. The summed E-state index contributed by atoms with van der Waals surface area (Å²) in [5.41, 5.74) is 0.679. The van der Waals surface area contributed by atoms with Gasteiger partial charge in [-0.2, -0.15) is 0 Å². The number of amides is 1. The van der Waals surface area contributed by atoms with Crippen LogP contribution in [0.4, 0.5) is 0 Å². The molecule has 2 heterocycles. The monoisotopic (exact) mass is 371 g/mol. The van der Waals surface area contributed by atoms with Gasteiger partial charge in [0.15, 0.2) is 5.76 Å². The molecule has 0 aliphatic rings. The van der Waals surface area contributed by atoms with Crippen molar-refractivity contribution in [3.63, 3.8) is 0 Å². The Morgan fingerprint density at radius 2 is 1.96 bits per heavy atom. The van der Waals surface area contributed by atoms with Crippen molar-refractivity contribution in [3.05, 3.63) is 75.9 Å². The van der Waals surface area contributed by atoms with Crippen LogP contribution in [0.5, 0.6) is 0 Å². The van der Waals surface area contributed by atoms with E-state index in [9.17, 15) is 9.59 Å². The smallest absolute Gasteiger partial charge is 0.252 e. The highest BCUT2D eigenvalue weighted by Crippen LogP contribution is 2.23. The normalized spacial score (nSPS) is 10.6. The van der Waals surface area contributed by atoms with E-state index in [0.717, 1.165) is 15.5 Å². The summed E-state index contributed by atoms with van der Waals surface area (Å²) >= 11 is 3.01. The van der Waals surface area contributed by atoms with Gasteiger partial charge in [0.25, 0.3) is 5.91 Å². The molecule has 2 aromatic heterocycles. The minimum atomic E-state index is -0.141. The molecule has 4 nitrogen and oxygen atoms in total. The van der Waals surface area contributed by atoms with E-state index in [1.54, 1.807) is 30.0 Å². The van der Waals surface area contributed by atoms with Gasteiger partial charge >= 0.3 is 0 Å². The van der Waals surface area contributed by atoms with E-state index < -0.39 is 0 Å². The van der Waals surface area contributed by atoms with Crippen molar-refractivity contribution < 1.29 is 14.0 Å². The maximum atomic E-state index is 12.4. The maximum Gasteiger partial charge on any atom is 0.252 e. The second-order valence-electron chi connectivity index (χ2n) is 5.18. The molecule has 0 bridgehead atoms. The van der Waals surface area contributed by atoms with E-state index in [1.165, 1.54) is 17.6 Å². The molecule has 0 atom stereocenters. The molecule has 0 radical (unpaired) electrons. The summed E-state index contributed by atoms with van der Waals surface area (Å²) in [5.74, 6) is 0.983. The van der Waals surface area contributed by atoms with Crippen LogP contribution in [-0.4, -0.2) is 17.4 Å². The molecule has 1 amide bonds. The van der Waals surface area contributed by atoms with Gasteiger partial charge in [-0.05, 0) is 42.2 Å². The summed E-state index contributed by atoms with van der Waals surface area (Å²) < 4.78 is 5.14. The lowest BCUT2D eigenvalue weighted by molar-refractivity contribution is 0.0947. The Morgan fingerprint density at radius 1 is 1.12 bits per heavy atom. The zero-order valence-corrected chi connectivity index (χ0v) is 15.3. The van der Waals surface area contributed by atoms with E-state index in [-0.39, 0.29) is 11.7 Å². The number of nitrogens with one attached hydrogen (secondary N) is 1. The molecule has 0 aliphatic heterocycles. The number of rotatable bonds is 7. The molecule has 0 aliphatic carbocycles. The predicted octanol–water partition coefficient (Wildman–Crippen LogP) is 4.61. The van der Waals surface area contributed by atoms with Gasteiger partial charge in [0, 0.05) is 9.77 Å². The number of ketones is 1. The zero-order valence-electron chi connectivity index (χ0n) is 13.7. The average molecular weight is 371 g/mol. The first kappa shape index (κ1) is 17.5. The Bertz CT molecular complexity index is 868. The second-order valence-corrected chi connectivity index (χ2v) is 7.66. The molecule has 25 heavy (non-hydrogen) atoms. The number of carbonyl (C=O) groups is 2. The summed E-state index contributed by atoms with van der Waals surface area (Å²) in [5, 5.41) is 2.92. The van der Waals surface area contributed by atoms with Crippen LogP contribution >= 0.6 is 23.1 Å². The fraction of sp³-hybridized carbons (Fsp3) is 0.158. The van der Waals surface area contributed by atoms with Crippen LogP contribution < -0.4 is 5.32 Å². The third-order valence-corrected chi connectivity index (χ3v) is 5.52. The first-order valence-corrected chi connectivity index (χ1v) is 9.66. The number of carbonyl (C=O) groups excluding carboxylic acids is 2. The molecule has 0 saturated carbocycles. The second kappa shape index (κ2) is 8.18. The number of furan rings is 1. The van der Waals surface area contributed by atoms with Gasteiger partial charge in [0.1, 0.15) is 0 Å². The van der Waals surface area contributed by atoms with Crippen LogP contribution in [0.1, 0.15) is 37.6 Å². The van der Waals surface area contributed by atoms with Crippen LogP contribution in [0, 0.1) is 0 Å². The molecule has 0 unspecified atom stereocenters. The number of thiophene rings is 1.